The molecule has 18 heavy (non-hydrogen) atoms. The number of carboxylic acid groups (broad SMARTS) is 1. The van der Waals surface area contributed by atoms with Gasteiger partial charge in [0.25, 0.3) is 0 Å². The van der Waals surface area contributed by atoms with Crippen LogP contribution >= 0.6 is 11.3 Å². The molecule has 100 valence electrons. The van der Waals surface area contributed by atoms with Gasteiger partial charge in [0, 0.05) is 18.0 Å². The molecule has 1 atom stereocenters. The van der Waals surface area contributed by atoms with Crippen molar-refractivity contribution in [1.29, 1.82) is 0 Å². The van der Waals surface area contributed by atoms with Crippen molar-refractivity contribution in [3.05, 3.63) is 16.1 Å². The summed E-state index contributed by atoms with van der Waals surface area (Å²) in [5, 5.41) is 11.0. The first-order chi connectivity index (χ1) is 8.70. The van der Waals surface area contributed by atoms with Gasteiger partial charge < -0.3 is 5.11 Å². The number of thiazole rings is 1. The monoisotopic (exact) mass is 268 g/mol. The minimum atomic E-state index is -0.921. The van der Waals surface area contributed by atoms with E-state index in [2.05, 4.69) is 16.8 Å². The maximum Gasteiger partial charge on any atom is 0.365 e. The number of carbonyl (C=O) groups is 1. The molecule has 2 heterocycles. The zero-order valence-corrected chi connectivity index (χ0v) is 11.6. The summed E-state index contributed by atoms with van der Waals surface area (Å²) >= 11 is 1.22. The van der Waals surface area contributed by atoms with Crippen LogP contribution in [-0.2, 0) is 6.54 Å². The maximum absolute atomic E-state index is 10.8. The van der Waals surface area contributed by atoms with E-state index in [-0.39, 0.29) is 5.01 Å². The minimum absolute atomic E-state index is 0.203. The van der Waals surface area contributed by atoms with Crippen LogP contribution in [0.2, 0.25) is 0 Å². The fraction of sp³-hybridized carbons (Fsp3) is 0.692. The molecule has 0 aliphatic carbocycles. The number of aromatic nitrogens is 1. The highest BCUT2D eigenvalue weighted by molar-refractivity contribution is 7.11. The Morgan fingerprint density at radius 3 is 3.11 bits per heavy atom. The largest absolute Gasteiger partial charge is 0.476 e. The number of carboxylic acids is 1. The molecule has 5 heteroatoms. The topological polar surface area (TPSA) is 53.4 Å². The molecule has 4 nitrogen and oxygen atoms in total. The molecule has 0 amide bonds. The van der Waals surface area contributed by atoms with Crippen LogP contribution in [0.25, 0.3) is 0 Å². The second-order valence-corrected chi connectivity index (χ2v) is 5.72. The third kappa shape index (κ3) is 3.29. The first-order valence-corrected chi connectivity index (χ1v) is 7.50. The summed E-state index contributed by atoms with van der Waals surface area (Å²) in [7, 11) is 0. The minimum Gasteiger partial charge on any atom is -0.476 e. The molecule has 0 saturated carbocycles. The average Bonchev–Trinajstić information content (AvgIpc) is 2.81. The Kier molecular flexibility index (Phi) is 4.72. The predicted molar refractivity (Wildman–Crippen MR) is 72.0 cm³/mol. The highest BCUT2D eigenvalue weighted by atomic mass is 32.1. The molecule has 1 aromatic rings. The summed E-state index contributed by atoms with van der Waals surface area (Å²) in [6.07, 6.45) is 6.27. The van der Waals surface area contributed by atoms with Crippen molar-refractivity contribution in [2.45, 2.75) is 51.6 Å². The van der Waals surface area contributed by atoms with E-state index in [4.69, 9.17) is 5.11 Å². The number of nitrogens with zero attached hydrogens (tertiary/aromatic N) is 2. The van der Waals surface area contributed by atoms with Gasteiger partial charge in [0.1, 0.15) is 0 Å². The number of aromatic carboxylic acids is 1. The zero-order chi connectivity index (χ0) is 13.0. The van der Waals surface area contributed by atoms with Crippen molar-refractivity contribution >= 4 is 17.3 Å². The van der Waals surface area contributed by atoms with E-state index in [1.807, 2.05) is 5.38 Å². The molecular formula is C13H20N2O2S. The number of likely N-dealkylation sites (tertiary alicyclic amines) is 1. The summed E-state index contributed by atoms with van der Waals surface area (Å²) in [4.78, 5) is 17.4. The van der Waals surface area contributed by atoms with E-state index in [9.17, 15) is 4.79 Å². The fourth-order valence-corrected chi connectivity index (χ4v) is 3.26. The summed E-state index contributed by atoms with van der Waals surface area (Å²) < 4.78 is 0. The zero-order valence-electron chi connectivity index (χ0n) is 10.8. The van der Waals surface area contributed by atoms with Crippen LogP contribution in [0.5, 0.6) is 0 Å². The van der Waals surface area contributed by atoms with Crippen molar-refractivity contribution in [3.63, 3.8) is 0 Å². The lowest BCUT2D eigenvalue weighted by Gasteiger charge is -2.35. The van der Waals surface area contributed by atoms with Crippen LogP contribution in [0.3, 0.4) is 0 Å². The standard InChI is InChI=1S/C13H20N2O2S/c1-2-5-11-6-3-4-7-15(11)8-10-9-18-12(14-10)13(16)17/h9,11H,2-8H2,1H3,(H,16,17). The molecule has 1 aliphatic rings. The second-order valence-electron chi connectivity index (χ2n) is 4.86. The lowest BCUT2D eigenvalue weighted by Crippen LogP contribution is -2.38. The van der Waals surface area contributed by atoms with Gasteiger partial charge in [0.05, 0.1) is 5.69 Å². The predicted octanol–water partition coefficient (Wildman–Crippen LogP) is 3.00. The van der Waals surface area contributed by atoms with Gasteiger partial charge in [-0.2, -0.15) is 0 Å². The van der Waals surface area contributed by atoms with E-state index >= 15 is 0 Å². The second kappa shape index (κ2) is 6.29. The van der Waals surface area contributed by atoms with Gasteiger partial charge in [-0.15, -0.1) is 11.3 Å². The molecule has 0 radical (unpaired) electrons. The lowest BCUT2D eigenvalue weighted by molar-refractivity contribution is 0.0695. The summed E-state index contributed by atoms with van der Waals surface area (Å²) in [5.41, 5.74) is 0.903. The average molecular weight is 268 g/mol. The Morgan fingerprint density at radius 1 is 1.61 bits per heavy atom. The lowest BCUT2D eigenvalue weighted by atomic mass is 9.98. The van der Waals surface area contributed by atoms with Crippen molar-refractivity contribution in [2.75, 3.05) is 6.54 Å². The summed E-state index contributed by atoms with van der Waals surface area (Å²) in [6.45, 7) is 4.14. The molecule has 1 N–H and O–H groups in total. The first kappa shape index (κ1) is 13.5. The smallest absolute Gasteiger partial charge is 0.365 e. The van der Waals surface area contributed by atoms with Crippen LogP contribution in [0, 0.1) is 0 Å². The molecular weight excluding hydrogens is 248 g/mol. The fourth-order valence-electron chi connectivity index (χ4n) is 2.61. The molecule has 1 aromatic heterocycles. The van der Waals surface area contributed by atoms with Gasteiger partial charge in [-0.3, -0.25) is 4.90 Å². The Bertz CT molecular complexity index is 403. The summed E-state index contributed by atoms with van der Waals surface area (Å²) in [5.74, 6) is -0.921. The van der Waals surface area contributed by atoms with E-state index in [1.165, 1.54) is 43.4 Å². The maximum atomic E-state index is 10.8. The van der Waals surface area contributed by atoms with E-state index in [0.29, 0.717) is 6.04 Å². The van der Waals surface area contributed by atoms with Crippen molar-refractivity contribution in [3.8, 4) is 0 Å². The van der Waals surface area contributed by atoms with E-state index < -0.39 is 5.97 Å². The van der Waals surface area contributed by atoms with Gasteiger partial charge >= 0.3 is 5.97 Å². The Balaban J connectivity index is 1.99. The third-order valence-electron chi connectivity index (χ3n) is 3.47. The first-order valence-electron chi connectivity index (χ1n) is 6.62. The van der Waals surface area contributed by atoms with E-state index in [0.717, 1.165) is 18.8 Å². The number of piperidine rings is 1. The molecule has 1 fully saturated rings. The summed E-state index contributed by atoms with van der Waals surface area (Å²) in [6, 6.07) is 0.652. The number of hydrogen-bond donors (Lipinski definition) is 1. The molecule has 2 rings (SSSR count). The highest BCUT2D eigenvalue weighted by Gasteiger charge is 2.22. The quantitative estimate of drug-likeness (QED) is 0.892. The SMILES string of the molecule is CCCC1CCCCN1Cc1csc(C(=O)O)n1. The Morgan fingerprint density at radius 2 is 2.44 bits per heavy atom. The van der Waals surface area contributed by atoms with Crippen molar-refractivity contribution in [2.24, 2.45) is 0 Å². The van der Waals surface area contributed by atoms with Crippen molar-refractivity contribution < 1.29 is 9.90 Å². The molecule has 1 aliphatic heterocycles. The van der Waals surface area contributed by atoms with Crippen LogP contribution < -0.4 is 0 Å². The van der Waals surface area contributed by atoms with Crippen LogP contribution in [-0.4, -0.2) is 33.5 Å². The van der Waals surface area contributed by atoms with Gasteiger partial charge in [-0.1, -0.05) is 19.8 Å². The van der Waals surface area contributed by atoms with Gasteiger partial charge in [-0.25, -0.2) is 9.78 Å². The normalized spacial score (nSPS) is 21.1. The molecule has 0 bridgehead atoms. The van der Waals surface area contributed by atoms with Gasteiger partial charge in [0.2, 0.25) is 5.01 Å². The number of rotatable bonds is 5. The van der Waals surface area contributed by atoms with Crippen molar-refractivity contribution in [1.82, 2.24) is 9.88 Å². The molecule has 1 saturated heterocycles. The Hall–Kier alpha value is -0.940. The van der Waals surface area contributed by atoms with Crippen LogP contribution in [0.15, 0.2) is 5.38 Å². The van der Waals surface area contributed by atoms with Crippen LogP contribution in [0.4, 0.5) is 0 Å². The van der Waals surface area contributed by atoms with E-state index in [1.54, 1.807) is 0 Å². The van der Waals surface area contributed by atoms with Gasteiger partial charge in [0.15, 0.2) is 0 Å². The van der Waals surface area contributed by atoms with Crippen LogP contribution in [0.1, 0.15) is 54.5 Å². The highest BCUT2D eigenvalue weighted by Crippen LogP contribution is 2.23. The number of hydrogen-bond acceptors (Lipinski definition) is 4. The Labute approximate surface area is 112 Å². The molecule has 0 aromatic carbocycles. The third-order valence-corrected chi connectivity index (χ3v) is 4.35. The molecule has 1 unspecified atom stereocenters. The van der Waals surface area contributed by atoms with Gasteiger partial charge in [-0.05, 0) is 25.8 Å². The molecule has 0 spiro atoms.